The Morgan fingerprint density at radius 1 is 1.11 bits per heavy atom. The van der Waals surface area contributed by atoms with Crippen molar-refractivity contribution in [3.8, 4) is 11.5 Å². The van der Waals surface area contributed by atoms with Crippen LogP contribution in [-0.2, 0) is 16.0 Å². The number of aliphatic hydroxyl groups excluding tert-OH is 1. The first-order valence-electron chi connectivity index (χ1n) is 11.4. The summed E-state index contributed by atoms with van der Waals surface area (Å²) in [5, 5.41) is 11.7. The lowest BCUT2D eigenvalue weighted by Crippen LogP contribution is -2.28. The van der Waals surface area contributed by atoms with E-state index in [1.165, 1.54) is 18.2 Å². The number of benzene rings is 3. The molecular formula is C26H24F3NO6. The van der Waals surface area contributed by atoms with Crippen molar-refractivity contribution in [2.24, 2.45) is 0 Å². The molecule has 0 saturated carbocycles. The van der Waals surface area contributed by atoms with Gasteiger partial charge in [0, 0.05) is 10.8 Å². The van der Waals surface area contributed by atoms with Gasteiger partial charge in [0.15, 0.2) is 6.23 Å². The summed E-state index contributed by atoms with van der Waals surface area (Å²) >= 11 is 0. The van der Waals surface area contributed by atoms with Crippen LogP contribution >= 0.6 is 0 Å². The van der Waals surface area contributed by atoms with Gasteiger partial charge in [0.1, 0.15) is 17.3 Å². The van der Waals surface area contributed by atoms with Crippen LogP contribution in [0.3, 0.4) is 0 Å². The molecule has 1 aliphatic heterocycles. The third-order valence-electron chi connectivity index (χ3n) is 5.68. The SMILES string of the molecule is CCCOc1c2c(c(OC(F)F)c3ccccc13)C(O)N(c1ccc(CC(=O)OCC)cc1F)C2=O. The van der Waals surface area contributed by atoms with Crippen molar-refractivity contribution in [1.82, 2.24) is 0 Å². The second kappa shape index (κ2) is 10.4. The monoisotopic (exact) mass is 503 g/mol. The fourth-order valence-electron chi connectivity index (χ4n) is 4.26. The van der Waals surface area contributed by atoms with Crippen LogP contribution in [0, 0.1) is 5.82 Å². The van der Waals surface area contributed by atoms with Gasteiger partial charge in [0.25, 0.3) is 5.91 Å². The van der Waals surface area contributed by atoms with Gasteiger partial charge < -0.3 is 19.3 Å². The highest BCUT2D eigenvalue weighted by molar-refractivity contribution is 6.17. The minimum Gasteiger partial charge on any atom is -0.492 e. The molecule has 7 nitrogen and oxygen atoms in total. The van der Waals surface area contributed by atoms with Gasteiger partial charge in [-0.1, -0.05) is 37.3 Å². The van der Waals surface area contributed by atoms with E-state index in [9.17, 15) is 23.5 Å². The number of amides is 1. The van der Waals surface area contributed by atoms with Gasteiger partial charge in [-0.3, -0.25) is 14.5 Å². The fraction of sp³-hybridized carbons (Fsp3) is 0.308. The van der Waals surface area contributed by atoms with Gasteiger partial charge in [-0.2, -0.15) is 8.78 Å². The number of alkyl halides is 2. The zero-order valence-electron chi connectivity index (χ0n) is 19.6. The summed E-state index contributed by atoms with van der Waals surface area (Å²) in [6, 6.07) is 10.0. The van der Waals surface area contributed by atoms with Gasteiger partial charge >= 0.3 is 12.6 Å². The number of carbonyl (C=O) groups is 2. The maximum atomic E-state index is 15.2. The minimum atomic E-state index is -3.24. The summed E-state index contributed by atoms with van der Waals surface area (Å²) in [6.07, 6.45) is -1.43. The number of halogens is 3. The number of hydrogen-bond donors (Lipinski definition) is 1. The number of anilines is 1. The van der Waals surface area contributed by atoms with Gasteiger partial charge in [0.2, 0.25) is 0 Å². The van der Waals surface area contributed by atoms with Gasteiger partial charge in [-0.15, -0.1) is 0 Å². The lowest BCUT2D eigenvalue weighted by Gasteiger charge is -2.22. The molecule has 1 unspecified atom stereocenters. The van der Waals surface area contributed by atoms with Gasteiger partial charge in [-0.05, 0) is 31.0 Å². The van der Waals surface area contributed by atoms with Crippen LogP contribution in [0.1, 0.15) is 48.0 Å². The molecule has 36 heavy (non-hydrogen) atoms. The molecular weight excluding hydrogens is 479 g/mol. The quantitative estimate of drug-likeness (QED) is 0.408. The number of aliphatic hydroxyl groups is 1. The lowest BCUT2D eigenvalue weighted by molar-refractivity contribution is -0.142. The van der Waals surface area contributed by atoms with E-state index in [1.807, 2.05) is 6.92 Å². The minimum absolute atomic E-state index is 0.0926. The highest BCUT2D eigenvalue weighted by Crippen LogP contribution is 2.50. The Labute approximate surface area is 205 Å². The number of rotatable bonds is 9. The number of hydrogen-bond acceptors (Lipinski definition) is 6. The van der Waals surface area contributed by atoms with Crippen LogP contribution in [-0.4, -0.2) is 36.8 Å². The van der Waals surface area contributed by atoms with Crippen molar-refractivity contribution in [3.63, 3.8) is 0 Å². The summed E-state index contributed by atoms with van der Waals surface area (Å²) in [7, 11) is 0. The average Bonchev–Trinajstić information content (AvgIpc) is 3.09. The maximum absolute atomic E-state index is 15.2. The van der Waals surface area contributed by atoms with E-state index in [2.05, 4.69) is 0 Å². The van der Waals surface area contributed by atoms with E-state index in [1.54, 1.807) is 25.1 Å². The number of nitrogens with zero attached hydrogens (tertiary/aromatic N) is 1. The van der Waals surface area contributed by atoms with Crippen molar-refractivity contribution in [1.29, 1.82) is 0 Å². The van der Waals surface area contributed by atoms with E-state index in [0.29, 0.717) is 17.4 Å². The molecule has 0 aromatic heterocycles. The number of fused-ring (bicyclic) bond motifs is 2. The summed E-state index contributed by atoms with van der Waals surface area (Å²) in [4.78, 5) is 26.1. The highest BCUT2D eigenvalue weighted by atomic mass is 19.3. The standard InChI is InChI=1S/C26H24F3NO6/c1-3-11-35-22-15-7-5-6-8-16(15)23(36-26(28)29)21-20(22)24(32)30(25(21)33)18-10-9-14(12-17(18)27)13-19(31)34-4-2/h5-10,12,25-26,33H,3-4,11,13H2,1-2H3. The lowest BCUT2D eigenvalue weighted by atomic mass is 9.98. The Morgan fingerprint density at radius 2 is 1.81 bits per heavy atom. The molecule has 0 saturated heterocycles. The smallest absolute Gasteiger partial charge is 0.387 e. The Bertz CT molecular complexity index is 1310. The van der Waals surface area contributed by atoms with Crippen molar-refractivity contribution >= 4 is 28.3 Å². The van der Waals surface area contributed by atoms with E-state index in [4.69, 9.17) is 14.2 Å². The summed E-state index contributed by atoms with van der Waals surface area (Å²) in [6.45, 7) is 0.646. The topological polar surface area (TPSA) is 85.3 Å². The number of esters is 1. The Hall–Kier alpha value is -3.79. The first-order valence-corrected chi connectivity index (χ1v) is 11.4. The first kappa shape index (κ1) is 25.3. The molecule has 0 fully saturated rings. The molecule has 0 radical (unpaired) electrons. The molecule has 1 N–H and O–H groups in total. The van der Waals surface area contributed by atoms with Gasteiger partial charge in [0.05, 0.1) is 36.4 Å². The normalized spacial score (nSPS) is 14.9. The molecule has 0 aliphatic carbocycles. The Balaban J connectivity index is 1.85. The largest absolute Gasteiger partial charge is 0.492 e. The van der Waals surface area contributed by atoms with Crippen LogP contribution in [0.25, 0.3) is 10.8 Å². The van der Waals surface area contributed by atoms with Gasteiger partial charge in [-0.25, -0.2) is 4.39 Å². The maximum Gasteiger partial charge on any atom is 0.387 e. The number of carbonyl (C=O) groups excluding carboxylic acids is 2. The molecule has 190 valence electrons. The van der Waals surface area contributed by atoms with Crippen LogP contribution in [0.4, 0.5) is 18.9 Å². The van der Waals surface area contributed by atoms with Crippen LogP contribution in [0.15, 0.2) is 42.5 Å². The van der Waals surface area contributed by atoms with Crippen molar-refractivity contribution < 1.29 is 42.1 Å². The molecule has 1 amide bonds. The van der Waals surface area contributed by atoms with Crippen molar-refractivity contribution in [3.05, 3.63) is 65.0 Å². The second-order valence-electron chi connectivity index (χ2n) is 8.04. The fourth-order valence-corrected chi connectivity index (χ4v) is 4.26. The van der Waals surface area contributed by atoms with Crippen molar-refractivity contribution in [2.45, 2.75) is 39.5 Å². The van der Waals surface area contributed by atoms with Crippen molar-refractivity contribution in [2.75, 3.05) is 18.1 Å². The summed E-state index contributed by atoms with van der Waals surface area (Å²) in [5.41, 5.74) is -0.419. The van der Waals surface area contributed by atoms with E-state index in [-0.39, 0.29) is 53.3 Å². The molecule has 0 bridgehead atoms. The molecule has 0 spiro atoms. The molecule has 3 aromatic carbocycles. The second-order valence-corrected chi connectivity index (χ2v) is 8.04. The number of ether oxygens (including phenoxy) is 3. The average molecular weight is 503 g/mol. The van der Waals surface area contributed by atoms with E-state index >= 15 is 4.39 Å². The van der Waals surface area contributed by atoms with E-state index < -0.39 is 30.5 Å². The predicted molar refractivity (Wildman–Crippen MR) is 125 cm³/mol. The zero-order valence-corrected chi connectivity index (χ0v) is 19.6. The Kier molecular flexibility index (Phi) is 7.35. The molecule has 1 atom stereocenters. The highest BCUT2D eigenvalue weighted by Gasteiger charge is 2.44. The predicted octanol–water partition coefficient (Wildman–Crippen LogP) is 5.13. The van der Waals surface area contributed by atoms with E-state index in [0.717, 1.165) is 11.0 Å². The molecule has 1 aliphatic rings. The third kappa shape index (κ3) is 4.56. The molecule has 4 rings (SSSR count). The molecule has 10 heteroatoms. The Morgan fingerprint density at radius 3 is 2.42 bits per heavy atom. The zero-order chi connectivity index (χ0) is 26.0. The summed E-state index contributed by atoms with van der Waals surface area (Å²) < 4.78 is 57.4. The third-order valence-corrected chi connectivity index (χ3v) is 5.68. The molecule has 1 heterocycles. The van der Waals surface area contributed by atoms with Crippen LogP contribution in [0.5, 0.6) is 11.5 Å². The molecule has 3 aromatic rings. The van der Waals surface area contributed by atoms with Crippen LogP contribution in [0.2, 0.25) is 0 Å². The van der Waals surface area contributed by atoms with Crippen LogP contribution < -0.4 is 14.4 Å². The first-order chi connectivity index (χ1) is 17.3. The summed E-state index contributed by atoms with van der Waals surface area (Å²) in [5.74, 6) is -2.58.